The molecule has 0 aliphatic heterocycles. The molecule has 2 rings (SSSR count). The van der Waals surface area contributed by atoms with Crippen LogP contribution in [0.3, 0.4) is 0 Å². The molecule has 2 aromatic rings. The number of rotatable bonds is 7. The van der Waals surface area contributed by atoms with Crippen LogP contribution in [0.15, 0.2) is 35.1 Å². The molecule has 1 N–H and O–H groups in total. The maximum Gasteiger partial charge on any atom is 0.360 e. The van der Waals surface area contributed by atoms with E-state index < -0.39 is 5.97 Å². The summed E-state index contributed by atoms with van der Waals surface area (Å²) in [6.45, 7) is 6.61. The molecule has 0 spiro atoms. The third-order valence-electron chi connectivity index (χ3n) is 3.59. The summed E-state index contributed by atoms with van der Waals surface area (Å²) in [4.78, 5) is 24.7. The van der Waals surface area contributed by atoms with Crippen molar-refractivity contribution in [3.8, 4) is 5.69 Å². The number of para-hydroxylation sites is 1. The van der Waals surface area contributed by atoms with Gasteiger partial charge >= 0.3 is 5.97 Å². The van der Waals surface area contributed by atoms with Gasteiger partial charge in [0.15, 0.2) is 5.69 Å². The minimum absolute atomic E-state index is 0.121. The van der Waals surface area contributed by atoms with Crippen molar-refractivity contribution < 1.29 is 9.53 Å². The van der Waals surface area contributed by atoms with Crippen molar-refractivity contribution in [1.29, 1.82) is 0 Å². The zero-order chi connectivity index (χ0) is 17.5. The number of ether oxygens (including phenoxy) is 1. The van der Waals surface area contributed by atoms with Crippen LogP contribution in [0.5, 0.6) is 0 Å². The molecule has 1 aromatic heterocycles. The highest BCUT2D eigenvalue weighted by atomic mass is 16.5. The summed E-state index contributed by atoms with van der Waals surface area (Å²) in [5.74, 6) is -0.543. The second kappa shape index (κ2) is 8.29. The van der Waals surface area contributed by atoms with E-state index in [1.807, 2.05) is 25.1 Å². The van der Waals surface area contributed by atoms with Crippen molar-refractivity contribution in [3.63, 3.8) is 0 Å². The van der Waals surface area contributed by atoms with Crippen molar-refractivity contribution >= 4 is 11.7 Å². The molecule has 0 unspecified atom stereocenters. The van der Waals surface area contributed by atoms with E-state index >= 15 is 0 Å². The van der Waals surface area contributed by atoms with Gasteiger partial charge in [-0.1, -0.05) is 31.5 Å². The molecule has 1 heterocycles. The Hall–Kier alpha value is -2.63. The summed E-state index contributed by atoms with van der Waals surface area (Å²) >= 11 is 0. The Bertz CT molecular complexity index is 768. The van der Waals surface area contributed by atoms with Crippen molar-refractivity contribution in [2.45, 2.75) is 33.6 Å². The third-order valence-corrected chi connectivity index (χ3v) is 3.59. The van der Waals surface area contributed by atoms with Gasteiger partial charge in [0, 0.05) is 12.6 Å². The Morgan fingerprint density at radius 1 is 1.29 bits per heavy atom. The van der Waals surface area contributed by atoms with E-state index in [9.17, 15) is 9.59 Å². The van der Waals surface area contributed by atoms with E-state index in [0.717, 1.165) is 18.4 Å². The van der Waals surface area contributed by atoms with E-state index in [2.05, 4.69) is 17.3 Å². The minimum Gasteiger partial charge on any atom is -0.461 e. The van der Waals surface area contributed by atoms with Crippen LogP contribution in [0.2, 0.25) is 0 Å². The van der Waals surface area contributed by atoms with Crippen LogP contribution in [-0.2, 0) is 4.74 Å². The minimum atomic E-state index is -0.543. The molecule has 6 heteroatoms. The molecule has 0 saturated carbocycles. The number of hydrogen-bond donors (Lipinski definition) is 1. The summed E-state index contributed by atoms with van der Waals surface area (Å²) in [5.41, 5.74) is 1.78. The molecule has 0 radical (unpaired) electrons. The Labute approximate surface area is 141 Å². The fourth-order valence-corrected chi connectivity index (χ4v) is 2.31. The highest BCUT2D eigenvalue weighted by molar-refractivity contribution is 5.93. The number of carbonyl (C=O) groups excluding carboxylic acids is 1. The largest absolute Gasteiger partial charge is 0.461 e. The van der Waals surface area contributed by atoms with Crippen LogP contribution in [-0.4, -0.2) is 28.9 Å². The van der Waals surface area contributed by atoms with Gasteiger partial charge in [0.05, 0.1) is 18.0 Å². The van der Waals surface area contributed by atoms with E-state index in [-0.39, 0.29) is 17.9 Å². The number of aryl methyl sites for hydroxylation is 1. The van der Waals surface area contributed by atoms with Gasteiger partial charge in [0.1, 0.15) is 0 Å². The van der Waals surface area contributed by atoms with Gasteiger partial charge in [-0.25, -0.2) is 4.79 Å². The fourth-order valence-electron chi connectivity index (χ4n) is 2.31. The van der Waals surface area contributed by atoms with E-state index in [1.165, 1.54) is 10.7 Å². The van der Waals surface area contributed by atoms with Crippen molar-refractivity contribution in [3.05, 3.63) is 51.9 Å². The molecule has 128 valence electrons. The zero-order valence-corrected chi connectivity index (χ0v) is 14.3. The van der Waals surface area contributed by atoms with Crippen molar-refractivity contribution in [2.24, 2.45) is 0 Å². The lowest BCUT2D eigenvalue weighted by Crippen LogP contribution is -2.26. The van der Waals surface area contributed by atoms with Crippen molar-refractivity contribution in [2.75, 3.05) is 18.5 Å². The lowest BCUT2D eigenvalue weighted by molar-refractivity contribution is 0.0518. The topological polar surface area (TPSA) is 73.2 Å². The highest BCUT2D eigenvalue weighted by Gasteiger charge is 2.18. The first-order valence-electron chi connectivity index (χ1n) is 8.19. The predicted octanol–water partition coefficient (Wildman–Crippen LogP) is 2.93. The number of aromatic nitrogens is 2. The number of nitrogens with zero attached hydrogens (tertiary/aromatic N) is 2. The smallest absolute Gasteiger partial charge is 0.360 e. The van der Waals surface area contributed by atoms with Crippen LogP contribution in [0.4, 0.5) is 5.69 Å². The number of esters is 1. The standard InChI is InChI=1S/C18H23N3O3/c1-4-6-11-19-14-12-16(22)21(15-10-8-7-9-13(15)3)20-17(14)18(23)24-5-2/h7-10,12,19H,4-6,11H2,1-3H3. The number of unbranched alkanes of at least 4 members (excludes halogenated alkanes) is 1. The van der Waals surface area contributed by atoms with E-state index in [0.29, 0.717) is 17.9 Å². The van der Waals surface area contributed by atoms with Gasteiger partial charge in [-0.2, -0.15) is 9.78 Å². The number of hydrogen-bond acceptors (Lipinski definition) is 5. The van der Waals surface area contributed by atoms with Crippen LogP contribution >= 0.6 is 0 Å². The molecule has 0 aliphatic rings. The summed E-state index contributed by atoms with van der Waals surface area (Å²) in [6, 6.07) is 8.80. The van der Waals surface area contributed by atoms with Crippen molar-refractivity contribution in [1.82, 2.24) is 9.78 Å². The molecule has 24 heavy (non-hydrogen) atoms. The molecule has 0 saturated heterocycles. The Kier molecular flexibility index (Phi) is 6.12. The SMILES string of the molecule is CCCCNc1cc(=O)n(-c2ccccc2C)nc1C(=O)OCC. The maximum absolute atomic E-state index is 12.5. The molecule has 1 aromatic carbocycles. The quantitative estimate of drug-likeness (QED) is 0.624. The highest BCUT2D eigenvalue weighted by Crippen LogP contribution is 2.15. The average molecular weight is 329 g/mol. The zero-order valence-electron chi connectivity index (χ0n) is 14.3. The third kappa shape index (κ3) is 4.01. The van der Waals surface area contributed by atoms with Crippen LogP contribution in [0.25, 0.3) is 5.69 Å². The molecule has 0 aliphatic carbocycles. The Balaban J connectivity index is 2.51. The number of carbonyl (C=O) groups is 1. The number of anilines is 1. The van der Waals surface area contributed by atoms with Crippen LogP contribution < -0.4 is 10.9 Å². The van der Waals surface area contributed by atoms with E-state index in [1.54, 1.807) is 13.0 Å². The molecule has 0 bridgehead atoms. The predicted molar refractivity (Wildman–Crippen MR) is 93.9 cm³/mol. The fraction of sp³-hybridized carbons (Fsp3) is 0.389. The number of benzene rings is 1. The van der Waals surface area contributed by atoms with Crippen LogP contribution in [0, 0.1) is 6.92 Å². The van der Waals surface area contributed by atoms with Gasteiger partial charge in [-0.05, 0) is 31.9 Å². The second-order valence-electron chi connectivity index (χ2n) is 5.44. The summed E-state index contributed by atoms with van der Waals surface area (Å²) in [5, 5.41) is 7.38. The lowest BCUT2D eigenvalue weighted by atomic mass is 10.2. The first-order chi connectivity index (χ1) is 11.6. The second-order valence-corrected chi connectivity index (χ2v) is 5.44. The normalized spacial score (nSPS) is 10.5. The first kappa shape index (κ1) is 17.7. The van der Waals surface area contributed by atoms with Gasteiger partial charge < -0.3 is 10.1 Å². The number of nitrogens with one attached hydrogen (secondary N) is 1. The molecule has 6 nitrogen and oxygen atoms in total. The van der Waals surface area contributed by atoms with Gasteiger partial charge in [0.2, 0.25) is 0 Å². The van der Waals surface area contributed by atoms with Gasteiger partial charge in [-0.3, -0.25) is 4.79 Å². The molecule has 0 fully saturated rings. The molecular weight excluding hydrogens is 306 g/mol. The first-order valence-corrected chi connectivity index (χ1v) is 8.19. The van der Waals surface area contributed by atoms with Crippen LogP contribution in [0.1, 0.15) is 42.7 Å². The lowest BCUT2D eigenvalue weighted by Gasteiger charge is -2.13. The maximum atomic E-state index is 12.5. The van der Waals surface area contributed by atoms with Gasteiger partial charge in [-0.15, -0.1) is 0 Å². The Morgan fingerprint density at radius 2 is 2.04 bits per heavy atom. The summed E-state index contributed by atoms with van der Waals surface area (Å²) in [6.07, 6.45) is 1.94. The Morgan fingerprint density at radius 3 is 2.71 bits per heavy atom. The molecular formula is C18H23N3O3. The average Bonchev–Trinajstić information content (AvgIpc) is 2.56. The monoisotopic (exact) mass is 329 g/mol. The molecule has 0 amide bonds. The van der Waals surface area contributed by atoms with Gasteiger partial charge in [0.25, 0.3) is 5.56 Å². The summed E-state index contributed by atoms with van der Waals surface area (Å²) in [7, 11) is 0. The van der Waals surface area contributed by atoms with E-state index in [4.69, 9.17) is 4.74 Å². The molecule has 0 atom stereocenters. The summed E-state index contributed by atoms with van der Waals surface area (Å²) < 4.78 is 6.32.